The highest BCUT2D eigenvalue weighted by Gasteiger charge is 2.04. The third-order valence-corrected chi connectivity index (χ3v) is 3.80. The molecule has 0 saturated heterocycles. The molecule has 3 aromatic carbocycles. The van der Waals surface area contributed by atoms with Gasteiger partial charge in [0.25, 0.3) is 0 Å². The molecule has 2 nitrogen and oxygen atoms in total. The zero-order valence-electron chi connectivity index (χ0n) is 18.9. The molecule has 3 aromatic rings. The smallest absolute Gasteiger partial charge is 0.119 e. The van der Waals surface area contributed by atoms with Gasteiger partial charge in [-0.25, -0.2) is 0 Å². The summed E-state index contributed by atoms with van der Waals surface area (Å²) in [5, 5.41) is 0. The maximum absolute atomic E-state index is 5.75. The molecule has 3 rings (SSSR count). The monoisotopic (exact) mass is 314 g/mol. The summed E-state index contributed by atoms with van der Waals surface area (Å²) < 4.78 is 31.0. The van der Waals surface area contributed by atoms with Crippen LogP contribution in [0.25, 0.3) is 11.1 Å². The van der Waals surface area contributed by atoms with Crippen LogP contribution < -0.4 is 9.64 Å². The quantitative estimate of drug-likeness (QED) is 0.563. The lowest BCUT2D eigenvalue weighted by molar-refractivity contribution is 0.415. The molecule has 0 bridgehead atoms. The summed E-state index contributed by atoms with van der Waals surface area (Å²) in [7, 11) is 5.02. The van der Waals surface area contributed by atoms with Crippen molar-refractivity contribution in [2.24, 2.45) is 0 Å². The molecule has 0 aliphatic carbocycles. The van der Waals surface area contributed by atoms with Crippen LogP contribution in [0.15, 0.2) is 78.9 Å². The Bertz CT molecular complexity index is 754. The molecule has 0 atom stereocenters. The minimum Gasteiger partial charge on any atom is -0.497 e. The first-order chi connectivity index (χ1) is 13.8. The van der Waals surface area contributed by atoms with Crippen molar-refractivity contribution < 1.29 is 12.0 Å². The average molecular weight is 314 g/mol. The summed E-state index contributed by atoms with van der Waals surface area (Å²) in [6.07, 6.45) is 0. The first-order valence-electron chi connectivity index (χ1n) is 10.3. The van der Waals surface area contributed by atoms with Crippen molar-refractivity contribution in [3.8, 4) is 16.9 Å². The van der Waals surface area contributed by atoms with E-state index >= 15 is 0 Å². The maximum Gasteiger partial charge on any atom is 0.119 e. The predicted molar refractivity (Wildman–Crippen MR) is 104 cm³/mol. The van der Waals surface area contributed by atoms with Crippen molar-refractivity contribution in [2.45, 2.75) is 7.40 Å². The number of benzene rings is 3. The number of hydrogen-bond acceptors (Lipinski definition) is 2. The van der Waals surface area contributed by atoms with Crippen molar-refractivity contribution in [3.63, 3.8) is 0 Å². The Morgan fingerprint density at radius 2 is 1.52 bits per heavy atom. The second kappa shape index (κ2) is 7.50. The van der Waals surface area contributed by atoms with E-state index in [2.05, 4.69) is 72.6 Å². The molecular formula is C21H27NO. The molecule has 0 aliphatic rings. The second-order valence-corrected chi connectivity index (χ2v) is 5.17. The van der Waals surface area contributed by atoms with Gasteiger partial charge in [-0.15, -0.1) is 0 Å². The summed E-state index contributed by atoms with van der Waals surface area (Å²) in [4.78, 5) is 2.18. The van der Waals surface area contributed by atoms with Gasteiger partial charge in [0.2, 0.25) is 0 Å². The lowest BCUT2D eigenvalue weighted by Gasteiger charge is -2.19. The van der Waals surface area contributed by atoms with Crippen LogP contribution >= 0.6 is 0 Å². The van der Waals surface area contributed by atoms with Crippen LogP contribution in [0.5, 0.6) is 5.75 Å². The number of rotatable bonds is 4. The van der Waals surface area contributed by atoms with E-state index in [-0.39, 0.29) is 0 Å². The molecule has 0 aliphatic heterocycles. The fourth-order valence-electron chi connectivity index (χ4n) is 2.48. The van der Waals surface area contributed by atoms with Crippen LogP contribution in [0.3, 0.4) is 0 Å². The summed E-state index contributed by atoms with van der Waals surface area (Å²) >= 11 is 0. The second-order valence-electron chi connectivity index (χ2n) is 5.17. The van der Waals surface area contributed by atoms with Gasteiger partial charge >= 0.3 is 0 Å². The van der Waals surface area contributed by atoms with Crippen LogP contribution in [0, 0.1) is 0 Å². The van der Waals surface area contributed by atoms with Crippen molar-refractivity contribution in [3.05, 3.63) is 78.9 Å². The highest BCUT2D eigenvalue weighted by Crippen LogP contribution is 2.28. The minimum absolute atomic E-state index is 0.878. The Balaban J connectivity index is 0.00000111. The molecular weight excluding hydrogens is 282 g/mol. The van der Waals surface area contributed by atoms with E-state index in [1.807, 2.05) is 18.2 Å². The fraction of sp³-hybridized carbons (Fsp3) is 0.143. The van der Waals surface area contributed by atoms with E-state index in [1.165, 1.54) is 18.7 Å². The van der Waals surface area contributed by atoms with E-state index < -0.39 is 0 Å². The van der Waals surface area contributed by atoms with E-state index in [9.17, 15) is 0 Å². The number of anilines is 2. The Morgan fingerprint density at radius 3 is 2.17 bits per heavy atom. The molecule has 0 radical (unpaired) electrons. The zero-order chi connectivity index (χ0) is 21.4. The van der Waals surface area contributed by atoms with Gasteiger partial charge in [0, 0.05) is 25.7 Å². The van der Waals surface area contributed by atoms with Crippen molar-refractivity contribution in [1.29, 1.82) is 0 Å². The van der Waals surface area contributed by atoms with Gasteiger partial charge in [0.1, 0.15) is 5.75 Å². The van der Waals surface area contributed by atoms with Crippen molar-refractivity contribution in [2.75, 3.05) is 19.1 Å². The fourth-order valence-corrected chi connectivity index (χ4v) is 2.48. The summed E-state index contributed by atoms with van der Waals surface area (Å²) in [5.74, 6) is 0.878. The minimum atomic E-state index is 0.878. The number of methoxy groups -OCH3 is 1. The van der Waals surface area contributed by atoms with Crippen molar-refractivity contribution >= 4 is 11.4 Å². The highest BCUT2D eigenvalue weighted by atomic mass is 16.5. The number of para-hydroxylation sites is 1. The highest BCUT2D eigenvalue weighted by molar-refractivity contribution is 5.70. The van der Waals surface area contributed by atoms with E-state index in [4.69, 9.17) is 12.0 Å². The van der Waals surface area contributed by atoms with E-state index in [1.54, 1.807) is 7.11 Å². The van der Waals surface area contributed by atoms with Gasteiger partial charge < -0.3 is 9.64 Å². The molecule has 0 fully saturated rings. The number of nitrogens with zero attached hydrogens (tertiary/aromatic N) is 1. The van der Waals surface area contributed by atoms with Crippen molar-refractivity contribution in [1.82, 2.24) is 0 Å². The molecule has 0 amide bonds. The van der Waals surface area contributed by atoms with Crippen LogP contribution in [-0.4, -0.2) is 14.2 Å². The van der Waals surface area contributed by atoms with Gasteiger partial charge in [0.15, 0.2) is 0 Å². The Labute approximate surface area is 146 Å². The first kappa shape index (κ1) is 12.8. The molecule has 0 unspecified atom stereocenters. The zero-order valence-corrected chi connectivity index (χ0v) is 13.9. The lowest BCUT2D eigenvalue weighted by Crippen LogP contribution is -2.08. The Kier molecular flexibility index (Phi) is 4.16. The number of hydrogen-bond donors (Lipinski definition) is 0. The van der Waals surface area contributed by atoms with Crippen LogP contribution in [-0.2, 0) is 0 Å². The van der Waals surface area contributed by atoms with Gasteiger partial charge in [-0.2, -0.15) is 0 Å². The first-order valence-corrected chi connectivity index (χ1v) is 7.31. The largest absolute Gasteiger partial charge is 0.497 e. The molecule has 23 heavy (non-hydrogen) atoms. The van der Waals surface area contributed by atoms with Crippen LogP contribution in [0.2, 0.25) is 0 Å². The van der Waals surface area contributed by atoms with Gasteiger partial charge in [-0.3, -0.25) is 0 Å². The summed E-state index contributed by atoms with van der Waals surface area (Å²) in [6.45, 7) is 0. The Hall–Kier alpha value is -2.74. The predicted octanol–water partition coefficient (Wildman–Crippen LogP) is 6.26. The van der Waals surface area contributed by atoms with E-state index in [0.29, 0.717) is 0 Å². The number of ether oxygens (including phenoxy) is 1. The molecule has 122 valence electrons. The topological polar surface area (TPSA) is 12.5 Å². The summed E-state index contributed by atoms with van der Waals surface area (Å²) in [5.41, 5.74) is 4.69. The normalized spacial score (nSPS) is 10.8. The third kappa shape index (κ3) is 3.72. The standard InChI is InChI=1S/C20H19NO.CH4.2H2/c1-21(18-8-4-3-5-9-18)19-13-11-16(12-14-19)17-7-6-10-20(15-17)22-2;;;/h3-15H,1-2H3;1H4;2*1H/i;1D;2*1+1D. The Morgan fingerprint density at radius 1 is 0.870 bits per heavy atom. The molecule has 0 saturated carbocycles. The molecule has 0 aromatic heterocycles. The molecule has 0 heterocycles. The molecule has 2 heteroatoms. The van der Waals surface area contributed by atoms with Gasteiger partial charge in [0.05, 0.1) is 7.11 Å². The van der Waals surface area contributed by atoms with Gasteiger partial charge in [-0.05, 0) is 47.5 Å². The van der Waals surface area contributed by atoms with Crippen LogP contribution in [0.4, 0.5) is 11.4 Å². The molecule has 0 N–H and O–H groups in total. The van der Waals surface area contributed by atoms with E-state index in [0.717, 1.165) is 17.0 Å². The molecule has 0 spiro atoms. The van der Waals surface area contributed by atoms with Gasteiger partial charge in [-0.1, -0.05) is 49.9 Å². The van der Waals surface area contributed by atoms with Crippen LogP contribution in [0.1, 0.15) is 14.7 Å². The summed E-state index contributed by atoms with van der Waals surface area (Å²) in [6, 6.07) is 27.0. The third-order valence-electron chi connectivity index (χ3n) is 3.80. The average Bonchev–Trinajstić information content (AvgIpc) is 2.83. The lowest BCUT2D eigenvalue weighted by atomic mass is 10.0. The SMILES string of the molecule is COc1cccc(-c2ccc(N(C)c3ccccc3)cc2)c1.[2H]C.[2H][2H].[2H][2H]. The maximum atomic E-state index is 5.75.